The van der Waals surface area contributed by atoms with E-state index in [1.807, 2.05) is 49.6 Å². The van der Waals surface area contributed by atoms with Gasteiger partial charge in [0.25, 0.3) is 5.91 Å². The molecule has 4 rings (SSSR count). The summed E-state index contributed by atoms with van der Waals surface area (Å²) in [5.74, 6) is -0.124. The third kappa shape index (κ3) is 4.94. The minimum Gasteiger partial charge on any atom is -0.352 e. The molecule has 0 fully saturated rings. The van der Waals surface area contributed by atoms with E-state index in [0.29, 0.717) is 28.7 Å². The van der Waals surface area contributed by atoms with Crippen LogP contribution in [0.2, 0.25) is 0 Å². The molecule has 1 amide bonds. The van der Waals surface area contributed by atoms with Crippen LogP contribution in [0.25, 0.3) is 22.0 Å². The van der Waals surface area contributed by atoms with Crippen molar-refractivity contribution < 1.29 is 4.79 Å². The number of hydrogen-bond acceptors (Lipinski definition) is 4. The lowest BCUT2D eigenvalue weighted by atomic mass is 10.0. The summed E-state index contributed by atoms with van der Waals surface area (Å²) in [5.41, 5.74) is 4.13. The number of rotatable bonds is 7. The maximum atomic E-state index is 13.1. The van der Waals surface area contributed by atoms with E-state index in [0.717, 1.165) is 29.2 Å². The monoisotopic (exact) mass is 427 g/mol. The van der Waals surface area contributed by atoms with E-state index in [1.165, 1.54) is 17.3 Å². The summed E-state index contributed by atoms with van der Waals surface area (Å²) in [6.07, 6.45) is 3.76. The molecule has 0 unspecified atom stereocenters. The highest BCUT2D eigenvalue weighted by Gasteiger charge is 2.20. The van der Waals surface area contributed by atoms with Crippen LogP contribution in [0, 0.1) is 6.92 Å². The molecule has 0 spiro atoms. The number of nitrogens with zero attached hydrogens (tertiary/aromatic N) is 2. The van der Waals surface area contributed by atoms with E-state index in [-0.39, 0.29) is 5.91 Å². The number of fused-ring (bicyclic) bond motifs is 1. The number of carbonyl (C=O) groups is 1. The molecule has 0 radical (unpaired) electrons. The normalized spacial score (nSPS) is 10.9. The number of amides is 1. The summed E-state index contributed by atoms with van der Waals surface area (Å²) >= 11 is 1.48. The number of thioether (sulfide) groups is 1. The van der Waals surface area contributed by atoms with E-state index in [9.17, 15) is 4.79 Å². The summed E-state index contributed by atoms with van der Waals surface area (Å²) in [4.78, 5) is 22.4. The van der Waals surface area contributed by atoms with E-state index < -0.39 is 0 Å². The number of benzene rings is 3. The lowest BCUT2D eigenvalue weighted by Crippen LogP contribution is -2.27. The van der Waals surface area contributed by atoms with Crippen molar-refractivity contribution in [1.82, 2.24) is 15.3 Å². The van der Waals surface area contributed by atoms with Crippen LogP contribution < -0.4 is 5.32 Å². The molecular weight excluding hydrogens is 402 g/mol. The second-order valence-corrected chi connectivity index (χ2v) is 8.20. The molecule has 0 atom stereocenters. The summed E-state index contributed by atoms with van der Waals surface area (Å²) in [6.45, 7) is 2.49. The van der Waals surface area contributed by atoms with Crippen LogP contribution in [0.3, 0.4) is 0 Å². The van der Waals surface area contributed by atoms with Crippen LogP contribution in [-0.2, 0) is 6.42 Å². The number of carbonyl (C=O) groups excluding carboxylic acids is 1. The zero-order valence-corrected chi connectivity index (χ0v) is 18.6. The van der Waals surface area contributed by atoms with Gasteiger partial charge >= 0.3 is 0 Å². The molecule has 5 heteroatoms. The van der Waals surface area contributed by atoms with Crippen molar-refractivity contribution in [2.45, 2.75) is 24.9 Å². The van der Waals surface area contributed by atoms with Crippen molar-refractivity contribution in [2.75, 3.05) is 12.8 Å². The fraction of sp³-hybridized carbons (Fsp3) is 0.192. The molecule has 0 aliphatic heterocycles. The Morgan fingerprint density at radius 3 is 2.45 bits per heavy atom. The molecule has 31 heavy (non-hydrogen) atoms. The van der Waals surface area contributed by atoms with E-state index in [4.69, 9.17) is 4.98 Å². The van der Waals surface area contributed by atoms with Crippen LogP contribution in [-0.4, -0.2) is 28.7 Å². The molecule has 0 aliphatic rings. The maximum Gasteiger partial charge on any atom is 0.255 e. The highest BCUT2D eigenvalue weighted by molar-refractivity contribution is 7.98. The standard InChI is InChI=1S/C26H25N3OS/c1-18-23(25(30)27-16-8-11-19-9-4-3-5-10-19)24(29-26(28-18)31-2)22-15-14-20-12-6-7-13-21(20)17-22/h3-7,9-10,12-15,17H,8,11,16H2,1-2H3,(H,27,30). The summed E-state index contributed by atoms with van der Waals surface area (Å²) in [6, 6.07) is 24.7. The topological polar surface area (TPSA) is 54.9 Å². The van der Waals surface area contributed by atoms with Gasteiger partial charge in [-0.15, -0.1) is 0 Å². The Hall–Kier alpha value is -3.18. The minimum absolute atomic E-state index is 0.124. The number of aromatic nitrogens is 2. The molecule has 156 valence electrons. The second-order valence-electron chi connectivity index (χ2n) is 7.43. The molecule has 1 N–H and O–H groups in total. The highest BCUT2D eigenvalue weighted by Crippen LogP contribution is 2.28. The SMILES string of the molecule is CSc1nc(C)c(C(=O)NCCCc2ccccc2)c(-c2ccc3ccccc3c2)n1. The first-order valence-corrected chi connectivity index (χ1v) is 11.6. The lowest BCUT2D eigenvalue weighted by molar-refractivity contribution is 0.0952. The lowest BCUT2D eigenvalue weighted by Gasteiger charge is -2.14. The average Bonchev–Trinajstić information content (AvgIpc) is 2.81. The molecule has 0 aliphatic carbocycles. The predicted molar refractivity (Wildman–Crippen MR) is 129 cm³/mol. The van der Waals surface area contributed by atoms with Gasteiger partial charge in [0.15, 0.2) is 5.16 Å². The van der Waals surface area contributed by atoms with Gasteiger partial charge in [0, 0.05) is 12.1 Å². The summed E-state index contributed by atoms with van der Waals surface area (Å²) in [7, 11) is 0. The Morgan fingerprint density at radius 2 is 1.68 bits per heavy atom. The predicted octanol–water partition coefficient (Wildman–Crippen LogP) is 5.69. The van der Waals surface area contributed by atoms with Crippen molar-refractivity contribution in [3.05, 3.63) is 89.6 Å². The third-order valence-electron chi connectivity index (χ3n) is 5.27. The maximum absolute atomic E-state index is 13.1. The van der Waals surface area contributed by atoms with Crippen molar-refractivity contribution >= 4 is 28.4 Å². The molecule has 3 aromatic carbocycles. The van der Waals surface area contributed by atoms with Gasteiger partial charge in [-0.2, -0.15) is 0 Å². The van der Waals surface area contributed by atoms with Gasteiger partial charge in [0.1, 0.15) is 0 Å². The van der Waals surface area contributed by atoms with Crippen molar-refractivity contribution in [1.29, 1.82) is 0 Å². The average molecular weight is 428 g/mol. The van der Waals surface area contributed by atoms with Gasteiger partial charge in [0.05, 0.1) is 17.0 Å². The van der Waals surface area contributed by atoms with Gasteiger partial charge in [-0.25, -0.2) is 9.97 Å². The van der Waals surface area contributed by atoms with Crippen LogP contribution in [0.4, 0.5) is 0 Å². The molecule has 1 aromatic heterocycles. The van der Waals surface area contributed by atoms with Crippen LogP contribution >= 0.6 is 11.8 Å². The summed E-state index contributed by atoms with van der Waals surface area (Å²) in [5, 5.41) is 6.02. The van der Waals surface area contributed by atoms with Gasteiger partial charge in [0.2, 0.25) is 0 Å². The van der Waals surface area contributed by atoms with Crippen molar-refractivity contribution in [3.63, 3.8) is 0 Å². The Kier molecular flexibility index (Phi) is 6.63. The zero-order valence-electron chi connectivity index (χ0n) is 17.8. The molecule has 1 heterocycles. The first-order valence-electron chi connectivity index (χ1n) is 10.4. The van der Waals surface area contributed by atoms with Gasteiger partial charge in [-0.1, -0.05) is 78.5 Å². The van der Waals surface area contributed by atoms with E-state index in [2.05, 4.69) is 46.7 Å². The van der Waals surface area contributed by atoms with E-state index in [1.54, 1.807) is 0 Å². The minimum atomic E-state index is -0.124. The third-order valence-corrected chi connectivity index (χ3v) is 5.82. The summed E-state index contributed by atoms with van der Waals surface area (Å²) < 4.78 is 0. The molecule has 0 bridgehead atoms. The number of aryl methyl sites for hydroxylation is 2. The fourth-order valence-electron chi connectivity index (χ4n) is 3.68. The molecular formula is C26H25N3OS. The fourth-order valence-corrected chi connectivity index (χ4v) is 4.09. The Balaban J connectivity index is 1.59. The second kappa shape index (κ2) is 9.75. The Morgan fingerprint density at radius 1 is 0.935 bits per heavy atom. The number of hydrogen-bond donors (Lipinski definition) is 1. The van der Waals surface area contributed by atoms with Crippen molar-refractivity contribution in [2.24, 2.45) is 0 Å². The molecule has 0 saturated heterocycles. The largest absolute Gasteiger partial charge is 0.352 e. The first kappa shape index (κ1) is 21.1. The highest BCUT2D eigenvalue weighted by atomic mass is 32.2. The van der Waals surface area contributed by atoms with Gasteiger partial charge in [-0.05, 0) is 48.4 Å². The Bertz CT molecular complexity index is 1210. The van der Waals surface area contributed by atoms with Crippen LogP contribution in [0.5, 0.6) is 0 Å². The smallest absolute Gasteiger partial charge is 0.255 e. The Labute approximate surface area is 187 Å². The van der Waals surface area contributed by atoms with Gasteiger partial charge < -0.3 is 5.32 Å². The van der Waals surface area contributed by atoms with Crippen LogP contribution in [0.15, 0.2) is 78.0 Å². The number of nitrogens with one attached hydrogen (secondary N) is 1. The molecule has 0 saturated carbocycles. The zero-order chi connectivity index (χ0) is 21.6. The quantitative estimate of drug-likeness (QED) is 0.234. The van der Waals surface area contributed by atoms with Crippen molar-refractivity contribution in [3.8, 4) is 11.3 Å². The first-order chi connectivity index (χ1) is 15.2. The van der Waals surface area contributed by atoms with Gasteiger partial charge in [-0.3, -0.25) is 4.79 Å². The van der Waals surface area contributed by atoms with E-state index >= 15 is 0 Å². The molecule has 4 nitrogen and oxygen atoms in total. The van der Waals surface area contributed by atoms with Crippen LogP contribution in [0.1, 0.15) is 28.0 Å². The molecule has 4 aromatic rings.